The minimum absolute atomic E-state index is 0.202. The fourth-order valence-corrected chi connectivity index (χ4v) is 2.54. The van der Waals surface area contributed by atoms with Crippen LogP contribution in [-0.2, 0) is 0 Å². The highest BCUT2D eigenvalue weighted by molar-refractivity contribution is 5.92. The van der Waals surface area contributed by atoms with Crippen LogP contribution in [0.25, 0.3) is 22.8 Å². The third-order valence-corrected chi connectivity index (χ3v) is 3.89. The summed E-state index contributed by atoms with van der Waals surface area (Å²) in [6, 6.07) is 26.5. The summed E-state index contributed by atoms with van der Waals surface area (Å²) in [6.45, 7) is 0. The zero-order chi connectivity index (χ0) is 17.6. The van der Waals surface area contributed by atoms with E-state index in [1.807, 2.05) is 42.5 Å². The number of carboxylic acids is 1. The lowest BCUT2D eigenvalue weighted by molar-refractivity contribution is 0.0697. The Balaban J connectivity index is 1.87. The molecule has 3 aromatic carbocycles. The molecular formula is C22H15NO2. The Morgan fingerprint density at radius 2 is 1.36 bits per heavy atom. The van der Waals surface area contributed by atoms with Gasteiger partial charge in [0, 0.05) is 0 Å². The summed E-state index contributed by atoms with van der Waals surface area (Å²) in [5.74, 6) is -0.981. The van der Waals surface area contributed by atoms with Crippen molar-refractivity contribution >= 4 is 17.6 Å². The zero-order valence-electron chi connectivity index (χ0n) is 13.4. The Morgan fingerprint density at radius 1 is 0.800 bits per heavy atom. The molecule has 3 nitrogen and oxygen atoms in total. The molecule has 0 atom stereocenters. The Morgan fingerprint density at radius 3 is 1.92 bits per heavy atom. The summed E-state index contributed by atoms with van der Waals surface area (Å²) in [5, 5.41) is 18.4. The van der Waals surface area contributed by atoms with Crippen molar-refractivity contribution < 1.29 is 9.90 Å². The minimum atomic E-state index is -0.981. The molecule has 0 radical (unpaired) electrons. The van der Waals surface area contributed by atoms with E-state index in [9.17, 15) is 10.1 Å². The second kappa shape index (κ2) is 7.29. The molecule has 0 fully saturated rings. The van der Waals surface area contributed by atoms with E-state index >= 15 is 0 Å². The lowest BCUT2D eigenvalue weighted by Gasteiger charge is -2.03. The van der Waals surface area contributed by atoms with Crippen molar-refractivity contribution in [2.45, 2.75) is 0 Å². The van der Waals surface area contributed by atoms with E-state index in [1.54, 1.807) is 18.2 Å². The summed E-state index contributed by atoms with van der Waals surface area (Å²) in [4.78, 5) is 10.9. The van der Waals surface area contributed by atoms with Gasteiger partial charge in [-0.15, -0.1) is 0 Å². The molecule has 1 N–H and O–H groups in total. The topological polar surface area (TPSA) is 61.1 Å². The van der Waals surface area contributed by atoms with Crippen LogP contribution in [-0.4, -0.2) is 11.1 Å². The largest absolute Gasteiger partial charge is 0.478 e. The van der Waals surface area contributed by atoms with Crippen LogP contribution in [0.2, 0.25) is 0 Å². The predicted molar refractivity (Wildman–Crippen MR) is 98.8 cm³/mol. The standard InChI is InChI=1S/C22H15NO2/c23-15-21(19-10-12-20(13-11-19)22(24)25)14-16-6-8-18(9-7-16)17-4-2-1-3-5-17/h1-14H,(H,24,25)/b21-14+. The number of rotatable bonds is 4. The molecule has 3 heteroatoms. The van der Waals surface area contributed by atoms with Gasteiger partial charge in [0.05, 0.1) is 17.2 Å². The first-order valence-corrected chi connectivity index (χ1v) is 7.78. The lowest BCUT2D eigenvalue weighted by Crippen LogP contribution is -1.95. The van der Waals surface area contributed by atoms with Crippen molar-refractivity contribution in [3.63, 3.8) is 0 Å². The van der Waals surface area contributed by atoms with E-state index in [0.717, 1.165) is 16.7 Å². The number of carbonyl (C=O) groups is 1. The highest BCUT2D eigenvalue weighted by atomic mass is 16.4. The van der Waals surface area contributed by atoms with Crippen LogP contribution in [0.5, 0.6) is 0 Å². The third kappa shape index (κ3) is 3.82. The van der Waals surface area contributed by atoms with E-state index in [4.69, 9.17) is 5.11 Å². The molecule has 120 valence electrons. The first-order chi connectivity index (χ1) is 12.2. The van der Waals surface area contributed by atoms with Gasteiger partial charge in [-0.3, -0.25) is 0 Å². The smallest absolute Gasteiger partial charge is 0.335 e. The van der Waals surface area contributed by atoms with E-state index in [0.29, 0.717) is 11.1 Å². The van der Waals surface area contributed by atoms with Gasteiger partial charge >= 0.3 is 5.97 Å². The van der Waals surface area contributed by atoms with Gasteiger partial charge in [-0.1, -0.05) is 66.7 Å². The maximum absolute atomic E-state index is 10.9. The normalized spacial score (nSPS) is 10.9. The van der Waals surface area contributed by atoms with Crippen molar-refractivity contribution in [2.75, 3.05) is 0 Å². The molecular weight excluding hydrogens is 310 g/mol. The van der Waals surface area contributed by atoms with Crippen LogP contribution in [0, 0.1) is 11.3 Å². The van der Waals surface area contributed by atoms with Gasteiger partial charge in [-0.25, -0.2) is 4.79 Å². The molecule has 0 aliphatic heterocycles. The molecule has 0 spiro atoms. The number of carboxylic acid groups (broad SMARTS) is 1. The zero-order valence-corrected chi connectivity index (χ0v) is 13.4. The fourth-order valence-electron chi connectivity index (χ4n) is 2.54. The molecule has 0 amide bonds. The van der Waals surface area contributed by atoms with Crippen LogP contribution in [0.15, 0.2) is 78.9 Å². The lowest BCUT2D eigenvalue weighted by atomic mass is 10.0. The molecule has 25 heavy (non-hydrogen) atoms. The monoisotopic (exact) mass is 325 g/mol. The summed E-state index contributed by atoms with van der Waals surface area (Å²) < 4.78 is 0. The van der Waals surface area contributed by atoms with Crippen LogP contribution in [0.3, 0.4) is 0 Å². The van der Waals surface area contributed by atoms with Crippen LogP contribution >= 0.6 is 0 Å². The molecule has 0 bridgehead atoms. The predicted octanol–water partition coefficient (Wildman–Crippen LogP) is 5.12. The van der Waals surface area contributed by atoms with E-state index in [1.165, 1.54) is 12.1 Å². The second-order valence-electron chi connectivity index (χ2n) is 5.54. The summed E-state index contributed by atoms with van der Waals surface area (Å²) in [5.41, 5.74) is 4.56. The number of nitriles is 1. The third-order valence-electron chi connectivity index (χ3n) is 3.89. The van der Waals surface area contributed by atoms with E-state index in [-0.39, 0.29) is 5.56 Å². The number of hydrogen-bond donors (Lipinski definition) is 1. The highest BCUT2D eigenvalue weighted by Crippen LogP contribution is 2.22. The maximum atomic E-state index is 10.9. The van der Waals surface area contributed by atoms with Gasteiger partial charge in [0.2, 0.25) is 0 Å². The first kappa shape index (κ1) is 16.2. The Bertz CT molecular complexity index is 948. The van der Waals surface area contributed by atoms with E-state index < -0.39 is 5.97 Å². The number of benzene rings is 3. The fraction of sp³-hybridized carbons (Fsp3) is 0. The molecule has 3 aromatic rings. The molecule has 0 aromatic heterocycles. The van der Waals surface area contributed by atoms with Gasteiger partial charge in [0.1, 0.15) is 0 Å². The highest BCUT2D eigenvalue weighted by Gasteiger charge is 2.05. The minimum Gasteiger partial charge on any atom is -0.478 e. The molecule has 0 aliphatic carbocycles. The van der Waals surface area contributed by atoms with E-state index in [2.05, 4.69) is 18.2 Å². The van der Waals surface area contributed by atoms with Crippen molar-refractivity contribution in [3.05, 3.63) is 95.6 Å². The van der Waals surface area contributed by atoms with Crippen molar-refractivity contribution in [1.29, 1.82) is 5.26 Å². The summed E-state index contributed by atoms with van der Waals surface area (Å²) >= 11 is 0. The van der Waals surface area contributed by atoms with Gasteiger partial charge < -0.3 is 5.11 Å². The Labute approximate surface area is 146 Å². The van der Waals surface area contributed by atoms with Crippen molar-refractivity contribution in [1.82, 2.24) is 0 Å². The average Bonchev–Trinajstić information content (AvgIpc) is 2.67. The quantitative estimate of drug-likeness (QED) is 0.535. The Hall–Kier alpha value is -3.64. The van der Waals surface area contributed by atoms with Crippen LogP contribution in [0.1, 0.15) is 21.5 Å². The number of aromatic carboxylic acids is 1. The molecule has 3 rings (SSSR count). The number of allylic oxidation sites excluding steroid dienone is 1. The molecule has 0 unspecified atom stereocenters. The van der Waals surface area contributed by atoms with Gasteiger partial charge in [-0.2, -0.15) is 5.26 Å². The SMILES string of the molecule is N#C/C(=C\c1ccc(-c2ccccc2)cc1)c1ccc(C(=O)O)cc1. The Kier molecular flexibility index (Phi) is 4.73. The average molecular weight is 325 g/mol. The second-order valence-corrected chi connectivity index (χ2v) is 5.54. The number of hydrogen-bond acceptors (Lipinski definition) is 2. The van der Waals surface area contributed by atoms with Gasteiger partial charge in [-0.05, 0) is 40.5 Å². The molecule has 0 aliphatic rings. The molecule has 0 saturated heterocycles. The summed E-state index contributed by atoms with van der Waals surface area (Å²) in [7, 11) is 0. The number of nitrogens with zero attached hydrogens (tertiary/aromatic N) is 1. The van der Waals surface area contributed by atoms with Crippen LogP contribution in [0.4, 0.5) is 0 Å². The van der Waals surface area contributed by atoms with Gasteiger partial charge in [0.25, 0.3) is 0 Å². The first-order valence-electron chi connectivity index (χ1n) is 7.78. The molecule has 0 heterocycles. The maximum Gasteiger partial charge on any atom is 0.335 e. The summed E-state index contributed by atoms with van der Waals surface area (Å²) in [6.07, 6.45) is 1.80. The van der Waals surface area contributed by atoms with Crippen molar-refractivity contribution in [2.24, 2.45) is 0 Å². The van der Waals surface area contributed by atoms with Crippen LogP contribution < -0.4 is 0 Å². The van der Waals surface area contributed by atoms with Gasteiger partial charge in [0.15, 0.2) is 0 Å². The van der Waals surface area contributed by atoms with Crippen molar-refractivity contribution in [3.8, 4) is 17.2 Å². The molecule has 0 saturated carbocycles.